The standard InChI is InChI=1S/C19H22N2O2/c1-2-3-7-13-20-18(22)16-11-8-12-17(14-16)21-19(23)15-9-5-4-6-10-15/h4-6,8-12,14H,2-3,7,13H2,1H3,(H,20,22)(H,21,23). The molecule has 0 aromatic heterocycles. The van der Waals surface area contributed by atoms with Crippen LogP contribution in [-0.2, 0) is 0 Å². The number of carbonyl (C=O) groups is 2. The van der Waals surface area contributed by atoms with E-state index in [4.69, 9.17) is 0 Å². The van der Waals surface area contributed by atoms with E-state index < -0.39 is 0 Å². The highest BCUT2D eigenvalue weighted by atomic mass is 16.2. The van der Waals surface area contributed by atoms with Crippen LogP contribution in [0, 0.1) is 0 Å². The van der Waals surface area contributed by atoms with Gasteiger partial charge in [-0.2, -0.15) is 0 Å². The number of benzene rings is 2. The summed E-state index contributed by atoms with van der Waals surface area (Å²) in [6.45, 7) is 2.80. The van der Waals surface area contributed by atoms with E-state index in [1.165, 1.54) is 0 Å². The van der Waals surface area contributed by atoms with Gasteiger partial charge in [0.1, 0.15) is 0 Å². The lowest BCUT2D eigenvalue weighted by molar-refractivity contribution is 0.0951. The first kappa shape index (κ1) is 16.7. The number of carbonyl (C=O) groups excluding carboxylic acids is 2. The minimum atomic E-state index is -0.189. The summed E-state index contributed by atoms with van der Waals surface area (Å²) in [6.07, 6.45) is 3.21. The molecular formula is C19H22N2O2. The maximum absolute atomic E-state index is 12.1. The molecular weight excluding hydrogens is 288 g/mol. The topological polar surface area (TPSA) is 58.2 Å². The number of hydrogen-bond donors (Lipinski definition) is 2. The van der Waals surface area contributed by atoms with Crippen molar-refractivity contribution in [2.45, 2.75) is 26.2 Å². The molecule has 0 fully saturated rings. The molecule has 4 nitrogen and oxygen atoms in total. The molecule has 4 heteroatoms. The fourth-order valence-corrected chi connectivity index (χ4v) is 2.21. The van der Waals surface area contributed by atoms with Crippen molar-refractivity contribution in [3.8, 4) is 0 Å². The molecule has 0 saturated heterocycles. The second-order valence-corrected chi connectivity index (χ2v) is 5.36. The van der Waals surface area contributed by atoms with Crippen LogP contribution < -0.4 is 10.6 Å². The Kier molecular flexibility index (Phi) is 6.36. The summed E-state index contributed by atoms with van der Waals surface area (Å²) in [6, 6.07) is 16.0. The van der Waals surface area contributed by atoms with E-state index >= 15 is 0 Å². The Labute approximate surface area is 136 Å². The van der Waals surface area contributed by atoms with Gasteiger partial charge in [0.2, 0.25) is 0 Å². The molecule has 2 aromatic carbocycles. The van der Waals surface area contributed by atoms with Crippen LogP contribution in [0.5, 0.6) is 0 Å². The zero-order chi connectivity index (χ0) is 16.5. The van der Waals surface area contributed by atoms with Gasteiger partial charge in [0.25, 0.3) is 11.8 Å². The minimum Gasteiger partial charge on any atom is -0.352 e. The number of hydrogen-bond acceptors (Lipinski definition) is 2. The summed E-state index contributed by atoms with van der Waals surface area (Å²) in [7, 11) is 0. The van der Waals surface area contributed by atoms with Gasteiger partial charge in [0, 0.05) is 23.4 Å². The lowest BCUT2D eigenvalue weighted by atomic mass is 10.1. The van der Waals surface area contributed by atoms with E-state index in [0.29, 0.717) is 23.4 Å². The molecule has 23 heavy (non-hydrogen) atoms. The number of nitrogens with one attached hydrogen (secondary N) is 2. The first-order chi connectivity index (χ1) is 11.2. The summed E-state index contributed by atoms with van der Waals surface area (Å²) >= 11 is 0. The van der Waals surface area contributed by atoms with Gasteiger partial charge in [-0.25, -0.2) is 0 Å². The van der Waals surface area contributed by atoms with Crippen molar-refractivity contribution >= 4 is 17.5 Å². The molecule has 2 N–H and O–H groups in total. The summed E-state index contributed by atoms with van der Waals surface area (Å²) in [5, 5.41) is 5.71. The maximum Gasteiger partial charge on any atom is 0.255 e. The molecule has 0 aliphatic carbocycles. The number of unbranched alkanes of at least 4 members (excludes halogenated alkanes) is 2. The van der Waals surface area contributed by atoms with Gasteiger partial charge in [0.15, 0.2) is 0 Å². The highest BCUT2D eigenvalue weighted by Gasteiger charge is 2.08. The van der Waals surface area contributed by atoms with E-state index in [1.807, 2.05) is 18.2 Å². The average molecular weight is 310 g/mol. The molecule has 0 bridgehead atoms. The van der Waals surface area contributed by atoms with Crippen molar-refractivity contribution in [2.24, 2.45) is 0 Å². The average Bonchev–Trinajstić information content (AvgIpc) is 2.59. The Morgan fingerprint density at radius 3 is 2.35 bits per heavy atom. The summed E-state index contributed by atoms with van der Waals surface area (Å²) < 4.78 is 0. The molecule has 0 aliphatic heterocycles. The largest absolute Gasteiger partial charge is 0.352 e. The highest BCUT2D eigenvalue weighted by molar-refractivity contribution is 6.05. The van der Waals surface area contributed by atoms with E-state index in [1.54, 1.807) is 36.4 Å². The second kappa shape index (κ2) is 8.73. The number of amides is 2. The molecule has 0 spiro atoms. The maximum atomic E-state index is 12.1. The zero-order valence-electron chi connectivity index (χ0n) is 13.3. The van der Waals surface area contributed by atoms with Crippen LogP contribution in [0.25, 0.3) is 0 Å². The van der Waals surface area contributed by atoms with Gasteiger partial charge in [-0.3, -0.25) is 9.59 Å². The molecule has 0 heterocycles. The SMILES string of the molecule is CCCCCNC(=O)c1cccc(NC(=O)c2ccccc2)c1. The van der Waals surface area contributed by atoms with Crippen LogP contribution in [0.3, 0.4) is 0 Å². The van der Waals surface area contributed by atoms with Crippen LogP contribution in [0.15, 0.2) is 54.6 Å². The lowest BCUT2D eigenvalue weighted by Crippen LogP contribution is -2.24. The predicted molar refractivity (Wildman–Crippen MR) is 92.7 cm³/mol. The van der Waals surface area contributed by atoms with Crippen molar-refractivity contribution in [3.63, 3.8) is 0 Å². The number of rotatable bonds is 7. The van der Waals surface area contributed by atoms with Crippen LogP contribution in [0.1, 0.15) is 46.9 Å². The van der Waals surface area contributed by atoms with E-state index in [-0.39, 0.29) is 11.8 Å². The van der Waals surface area contributed by atoms with Gasteiger partial charge >= 0.3 is 0 Å². The third-order valence-corrected chi connectivity index (χ3v) is 3.48. The first-order valence-corrected chi connectivity index (χ1v) is 7.95. The van der Waals surface area contributed by atoms with Crippen LogP contribution >= 0.6 is 0 Å². The fraction of sp³-hybridized carbons (Fsp3) is 0.263. The summed E-state index contributed by atoms with van der Waals surface area (Å²) in [5.74, 6) is -0.303. The Balaban J connectivity index is 1.96. The zero-order valence-corrected chi connectivity index (χ0v) is 13.3. The van der Waals surface area contributed by atoms with Gasteiger partial charge in [0.05, 0.1) is 0 Å². The van der Waals surface area contributed by atoms with Gasteiger partial charge in [-0.15, -0.1) is 0 Å². The molecule has 120 valence electrons. The van der Waals surface area contributed by atoms with Crippen molar-refractivity contribution in [1.29, 1.82) is 0 Å². The lowest BCUT2D eigenvalue weighted by Gasteiger charge is -2.08. The van der Waals surface area contributed by atoms with Gasteiger partial charge in [-0.1, -0.05) is 44.0 Å². The quantitative estimate of drug-likeness (QED) is 0.763. The third-order valence-electron chi connectivity index (χ3n) is 3.48. The van der Waals surface area contributed by atoms with Gasteiger partial charge in [-0.05, 0) is 36.8 Å². The minimum absolute atomic E-state index is 0.114. The fourth-order valence-electron chi connectivity index (χ4n) is 2.21. The monoisotopic (exact) mass is 310 g/mol. The van der Waals surface area contributed by atoms with Gasteiger partial charge < -0.3 is 10.6 Å². The molecule has 0 saturated carbocycles. The molecule has 0 radical (unpaired) electrons. The molecule has 0 aliphatic rings. The molecule has 0 atom stereocenters. The Bertz CT molecular complexity index is 653. The Morgan fingerprint density at radius 1 is 0.870 bits per heavy atom. The van der Waals surface area contributed by atoms with Crippen LogP contribution in [0.4, 0.5) is 5.69 Å². The van der Waals surface area contributed by atoms with Crippen molar-refractivity contribution in [3.05, 3.63) is 65.7 Å². The summed E-state index contributed by atoms with van der Waals surface area (Å²) in [5.41, 5.74) is 1.74. The number of anilines is 1. The van der Waals surface area contributed by atoms with Crippen molar-refractivity contribution < 1.29 is 9.59 Å². The Hall–Kier alpha value is -2.62. The first-order valence-electron chi connectivity index (χ1n) is 7.95. The summed E-state index contributed by atoms with van der Waals surface area (Å²) in [4.78, 5) is 24.2. The highest BCUT2D eigenvalue weighted by Crippen LogP contribution is 2.12. The molecule has 0 unspecified atom stereocenters. The Morgan fingerprint density at radius 2 is 1.61 bits per heavy atom. The van der Waals surface area contributed by atoms with Crippen LogP contribution in [0.2, 0.25) is 0 Å². The predicted octanol–water partition coefficient (Wildman–Crippen LogP) is 3.86. The van der Waals surface area contributed by atoms with E-state index in [2.05, 4.69) is 17.6 Å². The smallest absolute Gasteiger partial charge is 0.255 e. The van der Waals surface area contributed by atoms with E-state index in [0.717, 1.165) is 19.3 Å². The molecule has 2 aromatic rings. The molecule has 2 amide bonds. The second-order valence-electron chi connectivity index (χ2n) is 5.36. The van der Waals surface area contributed by atoms with E-state index in [9.17, 15) is 9.59 Å². The normalized spacial score (nSPS) is 10.1. The van der Waals surface area contributed by atoms with Crippen molar-refractivity contribution in [1.82, 2.24) is 5.32 Å². The van der Waals surface area contributed by atoms with Crippen LogP contribution in [-0.4, -0.2) is 18.4 Å². The third kappa shape index (κ3) is 5.25. The molecule has 2 rings (SSSR count). The van der Waals surface area contributed by atoms with Crippen molar-refractivity contribution in [2.75, 3.05) is 11.9 Å².